The van der Waals surface area contributed by atoms with Crippen LogP contribution in [-0.4, -0.2) is 22.2 Å². The number of aromatic nitrogens is 1. The molecule has 0 bridgehead atoms. The zero-order chi connectivity index (χ0) is 13.1. The summed E-state index contributed by atoms with van der Waals surface area (Å²) in [5.41, 5.74) is 0.450. The number of aliphatic carboxylic acids is 1. The van der Waals surface area contributed by atoms with Crippen molar-refractivity contribution in [1.82, 2.24) is 9.88 Å². The quantitative estimate of drug-likeness (QED) is 0.799. The molecule has 4 heteroatoms. The standard InChI is InChI=1S/C13H22N2O2/c1-5-14-10(2)11-6-7-15(8-11)9-13(3,4)12(16)17/h6-8,10,14H,5,9H2,1-4H3,(H,16,17). The van der Waals surface area contributed by atoms with Crippen LogP contribution in [0.5, 0.6) is 0 Å². The van der Waals surface area contributed by atoms with Crippen LogP contribution in [0, 0.1) is 5.41 Å². The second-order valence-corrected chi connectivity index (χ2v) is 5.09. The second-order valence-electron chi connectivity index (χ2n) is 5.09. The molecule has 2 N–H and O–H groups in total. The van der Waals surface area contributed by atoms with E-state index in [1.165, 1.54) is 5.56 Å². The summed E-state index contributed by atoms with van der Waals surface area (Å²) in [7, 11) is 0. The maximum atomic E-state index is 11.0. The number of nitrogens with one attached hydrogen (secondary N) is 1. The van der Waals surface area contributed by atoms with E-state index in [9.17, 15) is 4.79 Å². The van der Waals surface area contributed by atoms with Gasteiger partial charge in [-0.1, -0.05) is 6.92 Å². The summed E-state index contributed by atoms with van der Waals surface area (Å²) in [5.74, 6) is -0.771. The largest absolute Gasteiger partial charge is 0.481 e. The van der Waals surface area contributed by atoms with Gasteiger partial charge < -0.3 is 15.0 Å². The third kappa shape index (κ3) is 3.60. The highest BCUT2D eigenvalue weighted by atomic mass is 16.4. The summed E-state index contributed by atoms with van der Waals surface area (Å²) >= 11 is 0. The van der Waals surface area contributed by atoms with Crippen molar-refractivity contribution in [2.45, 2.75) is 40.3 Å². The topological polar surface area (TPSA) is 54.3 Å². The monoisotopic (exact) mass is 238 g/mol. The molecule has 0 spiro atoms. The Kier molecular flexibility index (Phi) is 4.34. The Balaban J connectivity index is 2.72. The molecule has 1 heterocycles. The average molecular weight is 238 g/mol. The molecule has 0 radical (unpaired) electrons. The minimum Gasteiger partial charge on any atom is -0.481 e. The first-order chi connectivity index (χ1) is 7.86. The van der Waals surface area contributed by atoms with Gasteiger partial charge in [0, 0.05) is 25.0 Å². The van der Waals surface area contributed by atoms with Gasteiger partial charge in [-0.15, -0.1) is 0 Å². The Hall–Kier alpha value is -1.29. The molecule has 1 aromatic heterocycles. The minimum absolute atomic E-state index is 0.300. The molecule has 17 heavy (non-hydrogen) atoms. The van der Waals surface area contributed by atoms with Crippen molar-refractivity contribution in [3.63, 3.8) is 0 Å². The number of rotatable bonds is 6. The summed E-state index contributed by atoms with van der Waals surface area (Å²) in [6, 6.07) is 2.33. The number of hydrogen-bond donors (Lipinski definition) is 2. The van der Waals surface area contributed by atoms with E-state index in [2.05, 4.69) is 19.2 Å². The van der Waals surface area contributed by atoms with Crippen LogP contribution < -0.4 is 5.32 Å². The van der Waals surface area contributed by atoms with E-state index in [0.717, 1.165) is 6.54 Å². The fourth-order valence-corrected chi connectivity index (χ4v) is 1.76. The molecule has 0 aromatic carbocycles. The highest BCUT2D eigenvalue weighted by molar-refractivity contribution is 5.73. The van der Waals surface area contributed by atoms with Crippen molar-refractivity contribution < 1.29 is 9.90 Å². The maximum absolute atomic E-state index is 11.0. The Morgan fingerprint density at radius 2 is 2.24 bits per heavy atom. The Morgan fingerprint density at radius 1 is 1.59 bits per heavy atom. The van der Waals surface area contributed by atoms with Gasteiger partial charge in [-0.25, -0.2) is 0 Å². The van der Waals surface area contributed by atoms with E-state index in [0.29, 0.717) is 12.6 Å². The first-order valence-electron chi connectivity index (χ1n) is 5.99. The van der Waals surface area contributed by atoms with Gasteiger partial charge in [0.2, 0.25) is 0 Å². The third-order valence-corrected chi connectivity index (χ3v) is 2.94. The highest BCUT2D eigenvalue weighted by Gasteiger charge is 2.27. The third-order valence-electron chi connectivity index (χ3n) is 2.94. The molecule has 0 aliphatic carbocycles. The summed E-state index contributed by atoms with van der Waals surface area (Å²) in [6.07, 6.45) is 3.95. The van der Waals surface area contributed by atoms with Crippen molar-refractivity contribution in [2.75, 3.05) is 6.54 Å². The Bertz CT molecular complexity index is 383. The zero-order valence-electron chi connectivity index (χ0n) is 11.0. The second kappa shape index (κ2) is 5.36. The van der Waals surface area contributed by atoms with Crippen LogP contribution in [0.3, 0.4) is 0 Å². The van der Waals surface area contributed by atoms with Gasteiger partial charge in [-0.05, 0) is 38.9 Å². The van der Waals surface area contributed by atoms with Crippen LogP contribution >= 0.6 is 0 Å². The van der Waals surface area contributed by atoms with Crippen LogP contribution in [-0.2, 0) is 11.3 Å². The number of nitrogens with zero attached hydrogens (tertiary/aromatic N) is 1. The maximum Gasteiger partial charge on any atom is 0.310 e. The van der Waals surface area contributed by atoms with E-state index in [1.54, 1.807) is 13.8 Å². The normalized spacial score (nSPS) is 13.6. The summed E-state index contributed by atoms with van der Waals surface area (Å²) in [5, 5.41) is 12.4. The smallest absolute Gasteiger partial charge is 0.310 e. The van der Waals surface area contributed by atoms with Crippen LogP contribution in [0.25, 0.3) is 0 Å². The lowest BCUT2D eigenvalue weighted by Gasteiger charge is -2.19. The van der Waals surface area contributed by atoms with Gasteiger partial charge in [0.15, 0.2) is 0 Å². The lowest BCUT2D eigenvalue weighted by molar-refractivity contribution is -0.147. The molecule has 0 saturated heterocycles. The van der Waals surface area contributed by atoms with Crippen molar-refractivity contribution in [2.24, 2.45) is 5.41 Å². The molecule has 1 aromatic rings. The van der Waals surface area contributed by atoms with Gasteiger partial charge >= 0.3 is 5.97 Å². The SMILES string of the molecule is CCNC(C)c1ccn(CC(C)(C)C(=O)O)c1. The first kappa shape index (κ1) is 13.8. The van der Waals surface area contributed by atoms with E-state index in [4.69, 9.17) is 5.11 Å². The van der Waals surface area contributed by atoms with Crippen molar-refractivity contribution in [1.29, 1.82) is 0 Å². The van der Waals surface area contributed by atoms with E-state index in [-0.39, 0.29) is 0 Å². The summed E-state index contributed by atoms with van der Waals surface area (Å²) < 4.78 is 1.94. The molecule has 1 rings (SSSR count). The molecule has 0 saturated carbocycles. The minimum atomic E-state index is -0.771. The molecule has 1 unspecified atom stereocenters. The van der Waals surface area contributed by atoms with Gasteiger partial charge in [-0.3, -0.25) is 4.79 Å². The molecule has 0 amide bonds. The van der Waals surface area contributed by atoms with Crippen LogP contribution in [0.4, 0.5) is 0 Å². The molecular formula is C13H22N2O2. The Morgan fingerprint density at radius 3 is 2.76 bits per heavy atom. The van der Waals surface area contributed by atoms with Crippen LogP contribution in [0.1, 0.15) is 39.3 Å². The first-order valence-corrected chi connectivity index (χ1v) is 5.99. The highest BCUT2D eigenvalue weighted by Crippen LogP contribution is 2.20. The fraction of sp³-hybridized carbons (Fsp3) is 0.615. The predicted molar refractivity (Wildman–Crippen MR) is 67.9 cm³/mol. The molecule has 0 fully saturated rings. The molecule has 0 aliphatic rings. The number of carbonyl (C=O) groups is 1. The van der Waals surface area contributed by atoms with Crippen molar-refractivity contribution in [3.8, 4) is 0 Å². The zero-order valence-corrected chi connectivity index (χ0v) is 11.0. The van der Waals surface area contributed by atoms with Crippen LogP contribution in [0.15, 0.2) is 18.5 Å². The van der Waals surface area contributed by atoms with Gasteiger partial charge in [-0.2, -0.15) is 0 Å². The Labute approximate surface area is 103 Å². The lowest BCUT2D eigenvalue weighted by Crippen LogP contribution is -2.28. The van der Waals surface area contributed by atoms with E-state index < -0.39 is 11.4 Å². The molecular weight excluding hydrogens is 216 g/mol. The number of carboxylic acid groups (broad SMARTS) is 1. The van der Waals surface area contributed by atoms with Crippen molar-refractivity contribution in [3.05, 3.63) is 24.0 Å². The predicted octanol–water partition coefficient (Wildman–Crippen LogP) is 2.27. The fourth-order valence-electron chi connectivity index (χ4n) is 1.76. The number of hydrogen-bond acceptors (Lipinski definition) is 2. The van der Waals surface area contributed by atoms with Crippen LogP contribution in [0.2, 0.25) is 0 Å². The van der Waals surface area contributed by atoms with Gasteiger partial charge in [0.1, 0.15) is 0 Å². The lowest BCUT2D eigenvalue weighted by atomic mass is 9.94. The molecule has 4 nitrogen and oxygen atoms in total. The average Bonchev–Trinajstić information content (AvgIpc) is 2.65. The van der Waals surface area contributed by atoms with E-state index in [1.807, 2.05) is 23.0 Å². The molecule has 96 valence electrons. The summed E-state index contributed by atoms with van der Waals surface area (Å²) in [4.78, 5) is 11.0. The van der Waals surface area contributed by atoms with E-state index >= 15 is 0 Å². The van der Waals surface area contributed by atoms with Crippen molar-refractivity contribution >= 4 is 5.97 Å². The molecule has 1 atom stereocenters. The summed E-state index contributed by atoms with van der Waals surface area (Å²) in [6.45, 7) is 9.06. The molecule has 0 aliphatic heterocycles. The van der Waals surface area contributed by atoms with Gasteiger partial charge in [0.25, 0.3) is 0 Å². The number of carboxylic acids is 1. The van der Waals surface area contributed by atoms with Gasteiger partial charge in [0.05, 0.1) is 5.41 Å².